The number of piperidine rings is 1. The van der Waals surface area contributed by atoms with E-state index in [1.807, 2.05) is 6.07 Å². The van der Waals surface area contributed by atoms with Gasteiger partial charge in [-0.15, -0.1) is 0 Å². The first kappa shape index (κ1) is 23.7. The second kappa shape index (κ2) is 10.2. The molecule has 1 heterocycles. The lowest BCUT2D eigenvalue weighted by Crippen LogP contribution is -2.35. The van der Waals surface area contributed by atoms with Crippen LogP contribution in [0.25, 0.3) is 0 Å². The molecule has 8 heteroatoms. The Kier molecular flexibility index (Phi) is 7.09. The van der Waals surface area contributed by atoms with Crippen LogP contribution in [-0.4, -0.2) is 37.7 Å². The predicted molar refractivity (Wildman–Crippen MR) is 130 cm³/mol. The molecule has 7 nitrogen and oxygen atoms in total. The van der Waals surface area contributed by atoms with Crippen molar-refractivity contribution in [2.45, 2.75) is 31.1 Å². The fourth-order valence-electron chi connectivity index (χ4n) is 3.83. The van der Waals surface area contributed by atoms with Gasteiger partial charge in [0.15, 0.2) is 0 Å². The standard InChI is InChI=1S/C26H26N2O5S/c1-19-13-14-23(34(31,32)28-15-6-3-7-16-28)18-24(19)26(30)33-22-12-8-11-21(17-22)27-25(29)20-9-4-2-5-10-20/h2,4-5,8-14,17-18H,3,6-7,15-16H2,1H3,(H,27,29). The third-order valence-corrected chi connectivity index (χ3v) is 7.61. The van der Waals surface area contributed by atoms with Gasteiger partial charge >= 0.3 is 5.97 Å². The van der Waals surface area contributed by atoms with E-state index in [0.29, 0.717) is 29.9 Å². The van der Waals surface area contributed by atoms with Crippen molar-refractivity contribution in [3.8, 4) is 5.75 Å². The van der Waals surface area contributed by atoms with Gasteiger partial charge in [0.25, 0.3) is 5.91 Å². The van der Waals surface area contributed by atoms with Gasteiger partial charge in [0.05, 0.1) is 10.5 Å². The number of esters is 1. The first-order valence-corrected chi connectivity index (χ1v) is 12.6. The molecule has 1 amide bonds. The highest BCUT2D eigenvalue weighted by atomic mass is 32.2. The molecule has 3 aromatic carbocycles. The Balaban J connectivity index is 1.51. The van der Waals surface area contributed by atoms with E-state index in [4.69, 9.17) is 4.74 Å². The van der Waals surface area contributed by atoms with Crippen LogP contribution in [0, 0.1) is 6.92 Å². The van der Waals surface area contributed by atoms with Crippen molar-refractivity contribution in [2.24, 2.45) is 0 Å². The Morgan fingerprint density at radius 3 is 2.35 bits per heavy atom. The third-order valence-electron chi connectivity index (χ3n) is 5.72. The van der Waals surface area contributed by atoms with E-state index in [0.717, 1.165) is 19.3 Å². The molecule has 4 rings (SSSR count). The van der Waals surface area contributed by atoms with Crippen LogP contribution in [0.5, 0.6) is 5.75 Å². The van der Waals surface area contributed by atoms with Crippen molar-refractivity contribution in [3.63, 3.8) is 0 Å². The lowest BCUT2D eigenvalue weighted by Gasteiger charge is -2.26. The van der Waals surface area contributed by atoms with E-state index >= 15 is 0 Å². The minimum atomic E-state index is -3.68. The second-order valence-corrected chi connectivity index (χ2v) is 10.1. The third kappa shape index (κ3) is 5.35. The van der Waals surface area contributed by atoms with Crippen LogP contribution < -0.4 is 10.1 Å². The lowest BCUT2D eigenvalue weighted by molar-refractivity contribution is 0.0733. The van der Waals surface area contributed by atoms with Gasteiger partial charge < -0.3 is 10.1 Å². The largest absolute Gasteiger partial charge is 0.423 e. The molecule has 1 aliphatic rings. The number of amides is 1. The highest BCUT2D eigenvalue weighted by Gasteiger charge is 2.27. The zero-order valence-electron chi connectivity index (χ0n) is 18.9. The number of ether oxygens (including phenoxy) is 1. The quantitative estimate of drug-likeness (QED) is 0.412. The average Bonchev–Trinajstić information content (AvgIpc) is 2.85. The molecule has 1 aliphatic heterocycles. The molecule has 0 atom stereocenters. The van der Waals surface area contributed by atoms with Crippen LogP contribution in [0.2, 0.25) is 0 Å². The zero-order valence-corrected chi connectivity index (χ0v) is 19.7. The second-order valence-electron chi connectivity index (χ2n) is 8.18. The summed E-state index contributed by atoms with van der Waals surface area (Å²) < 4.78 is 33.1. The minimum Gasteiger partial charge on any atom is -0.423 e. The summed E-state index contributed by atoms with van der Waals surface area (Å²) in [6, 6.07) is 19.8. The topological polar surface area (TPSA) is 92.8 Å². The smallest absolute Gasteiger partial charge is 0.343 e. The number of rotatable bonds is 6. The molecule has 1 fully saturated rings. The van der Waals surface area contributed by atoms with Crippen LogP contribution in [-0.2, 0) is 10.0 Å². The molecule has 0 radical (unpaired) electrons. The van der Waals surface area contributed by atoms with Gasteiger partial charge in [-0.3, -0.25) is 4.79 Å². The molecule has 0 aromatic heterocycles. The SMILES string of the molecule is Cc1ccc(S(=O)(=O)N2CCCCC2)cc1C(=O)Oc1cccc(NC(=O)c2ccccc2)c1. The predicted octanol–water partition coefficient (Wildman–Crippen LogP) is 4.64. The first-order valence-electron chi connectivity index (χ1n) is 11.1. The molecule has 0 spiro atoms. The molecule has 176 valence electrons. The molecule has 0 unspecified atom stereocenters. The zero-order chi connectivity index (χ0) is 24.1. The van der Waals surface area contributed by atoms with Crippen molar-refractivity contribution in [3.05, 3.63) is 89.5 Å². The van der Waals surface area contributed by atoms with Crippen molar-refractivity contribution < 1.29 is 22.7 Å². The number of nitrogens with one attached hydrogen (secondary N) is 1. The van der Waals surface area contributed by atoms with Crippen molar-refractivity contribution in [2.75, 3.05) is 18.4 Å². The summed E-state index contributed by atoms with van der Waals surface area (Å²) in [5, 5.41) is 2.77. The minimum absolute atomic E-state index is 0.0795. The van der Waals surface area contributed by atoms with E-state index in [-0.39, 0.29) is 22.1 Å². The van der Waals surface area contributed by atoms with Gasteiger partial charge in [-0.1, -0.05) is 36.8 Å². The van der Waals surface area contributed by atoms with E-state index in [1.165, 1.54) is 16.4 Å². The average molecular weight is 479 g/mol. The monoisotopic (exact) mass is 478 g/mol. The molecular weight excluding hydrogens is 452 g/mol. The Labute approximate surface area is 199 Å². The molecule has 0 aliphatic carbocycles. The van der Waals surface area contributed by atoms with Gasteiger partial charge in [0.2, 0.25) is 10.0 Å². The Morgan fingerprint density at radius 1 is 0.882 bits per heavy atom. The van der Waals surface area contributed by atoms with E-state index in [9.17, 15) is 18.0 Å². The molecular formula is C26H26N2O5S. The number of benzene rings is 3. The number of carbonyl (C=O) groups excluding carboxylic acids is 2. The number of hydrogen-bond donors (Lipinski definition) is 1. The molecule has 3 aromatic rings. The van der Waals surface area contributed by atoms with Crippen LogP contribution in [0.1, 0.15) is 45.5 Å². The van der Waals surface area contributed by atoms with Crippen LogP contribution in [0.3, 0.4) is 0 Å². The molecule has 1 N–H and O–H groups in total. The number of aryl methyl sites for hydroxylation is 1. The maximum absolute atomic E-state index is 13.0. The van der Waals surface area contributed by atoms with Crippen LogP contribution in [0.15, 0.2) is 77.7 Å². The highest BCUT2D eigenvalue weighted by Crippen LogP contribution is 2.25. The van der Waals surface area contributed by atoms with Gasteiger partial charge in [0.1, 0.15) is 5.75 Å². The number of hydrogen-bond acceptors (Lipinski definition) is 5. The van der Waals surface area contributed by atoms with Gasteiger partial charge in [-0.25, -0.2) is 13.2 Å². The maximum Gasteiger partial charge on any atom is 0.343 e. The fourth-order valence-corrected chi connectivity index (χ4v) is 5.37. The lowest BCUT2D eigenvalue weighted by atomic mass is 10.1. The molecule has 1 saturated heterocycles. The Morgan fingerprint density at radius 2 is 1.62 bits per heavy atom. The number of anilines is 1. The summed E-state index contributed by atoms with van der Waals surface area (Å²) in [6.45, 7) is 2.69. The molecule has 0 saturated carbocycles. The number of sulfonamides is 1. The van der Waals surface area contributed by atoms with E-state index in [2.05, 4.69) is 5.32 Å². The van der Waals surface area contributed by atoms with Crippen LogP contribution in [0.4, 0.5) is 5.69 Å². The summed E-state index contributed by atoms with van der Waals surface area (Å²) in [5.74, 6) is -0.713. The van der Waals surface area contributed by atoms with Crippen molar-refractivity contribution in [1.29, 1.82) is 0 Å². The summed E-state index contributed by atoms with van der Waals surface area (Å²) in [7, 11) is -3.68. The van der Waals surface area contributed by atoms with Gasteiger partial charge in [-0.2, -0.15) is 4.31 Å². The Hall–Kier alpha value is -3.49. The van der Waals surface area contributed by atoms with Gasteiger partial charge in [0, 0.05) is 30.4 Å². The van der Waals surface area contributed by atoms with E-state index in [1.54, 1.807) is 61.5 Å². The maximum atomic E-state index is 13.0. The van der Waals surface area contributed by atoms with E-state index < -0.39 is 16.0 Å². The molecule has 0 bridgehead atoms. The van der Waals surface area contributed by atoms with Crippen molar-refractivity contribution in [1.82, 2.24) is 4.31 Å². The normalized spacial score (nSPS) is 14.4. The summed E-state index contributed by atoms with van der Waals surface area (Å²) >= 11 is 0. The fraction of sp³-hybridized carbons (Fsp3) is 0.231. The van der Waals surface area contributed by atoms with Crippen LogP contribution >= 0.6 is 0 Å². The number of nitrogens with zero attached hydrogens (tertiary/aromatic N) is 1. The number of carbonyl (C=O) groups is 2. The highest BCUT2D eigenvalue weighted by molar-refractivity contribution is 7.89. The first-order chi connectivity index (χ1) is 16.3. The summed E-state index contributed by atoms with van der Waals surface area (Å²) in [5.41, 5.74) is 1.76. The Bertz CT molecular complexity index is 1300. The summed E-state index contributed by atoms with van der Waals surface area (Å²) in [6.07, 6.45) is 2.68. The van der Waals surface area contributed by atoms with Gasteiger partial charge in [-0.05, 0) is 61.7 Å². The molecule has 34 heavy (non-hydrogen) atoms. The van der Waals surface area contributed by atoms with Crippen molar-refractivity contribution >= 4 is 27.6 Å². The summed E-state index contributed by atoms with van der Waals surface area (Å²) in [4.78, 5) is 25.4.